The van der Waals surface area contributed by atoms with Gasteiger partial charge in [-0.25, -0.2) is 4.98 Å². The Morgan fingerprint density at radius 2 is 2.12 bits per heavy atom. The van der Waals surface area contributed by atoms with E-state index in [1.807, 2.05) is 45.4 Å². The number of amides is 1. The largest absolute Gasteiger partial charge is 0.449 e. The molecule has 134 valence electrons. The van der Waals surface area contributed by atoms with E-state index in [0.29, 0.717) is 5.89 Å². The van der Waals surface area contributed by atoms with E-state index in [1.54, 1.807) is 11.2 Å². The van der Waals surface area contributed by atoms with Crippen LogP contribution in [0.5, 0.6) is 0 Å². The highest BCUT2D eigenvalue weighted by atomic mass is 16.3. The molecule has 1 aliphatic rings. The molecule has 3 rings (SSSR count). The molecular weight excluding hydrogens is 316 g/mol. The summed E-state index contributed by atoms with van der Waals surface area (Å²) in [6.07, 6.45) is 6.28. The zero-order valence-electron chi connectivity index (χ0n) is 15.2. The smallest absolute Gasteiger partial charge is 0.230 e. The van der Waals surface area contributed by atoms with Gasteiger partial charge in [-0.05, 0) is 31.4 Å². The van der Waals surface area contributed by atoms with Crippen LogP contribution >= 0.6 is 0 Å². The van der Waals surface area contributed by atoms with Crippen LogP contribution in [0.15, 0.2) is 35.1 Å². The third-order valence-corrected chi connectivity index (χ3v) is 4.78. The number of carbonyl (C=O) groups excluding carboxylic acids is 1. The minimum absolute atomic E-state index is 0.223. The quantitative estimate of drug-likeness (QED) is 0.772. The minimum atomic E-state index is -0.281. The minimum Gasteiger partial charge on any atom is -0.449 e. The van der Waals surface area contributed by atoms with Crippen LogP contribution < -0.4 is 0 Å². The zero-order chi connectivity index (χ0) is 17.9. The average Bonchev–Trinajstić information content (AvgIpc) is 2.97. The molecular formula is C19H26N4O2. The summed E-state index contributed by atoms with van der Waals surface area (Å²) in [4.78, 5) is 25.4. The maximum absolute atomic E-state index is 12.7. The molecule has 2 aromatic rings. The van der Waals surface area contributed by atoms with Crippen molar-refractivity contribution >= 4 is 5.91 Å². The molecule has 1 aliphatic heterocycles. The van der Waals surface area contributed by atoms with Crippen molar-refractivity contribution in [1.82, 2.24) is 19.8 Å². The monoisotopic (exact) mass is 342 g/mol. The molecule has 0 atom stereocenters. The number of carbonyl (C=O) groups is 1. The van der Waals surface area contributed by atoms with Crippen molar-refractivity contribution in [2.75, 3.05) is 27.2 Å². The fraction of sp³-hybridized carbons (Fsp3) is 0.526. The summed E-state index contributed by atoms with van der Waals surface area (Å²) < 4.78 is 5.27. The van der Waals surface area contributed by atoms with Gasteiger partial charge in [0, 0.05) is 52.5 Å². The number of oxazole rings is 1. The Labute approximate surface area is 148 Å². The summed E-state index contributed by atoms with van der Waals surface area (Å²) in [5, 5.41) is 0. The summed E-state index contributed by atoms with van der Waals surface area (Å²) in [7, 11) is 3.68. The van der Waals surface area contributed by atoms with E-state index < -0.39 is 0 Å². The van der Waals surface area contributed by atoms with E-state index in [9.17, 15) is 4.79 Å². The van der Waals surface area contributed by atoms with Crippen LogP contribution in [0.2, 0.25) is 0 Å². The maximum atomic E-state index is 12.7. The highest BCUT2D eigenvalue weighted by molar-refractivity contribution is 5.83. The molecule has 0 radical (unpaired) electrons. The van der Waals surface area contributed by atoms with E-state index in [1.165, 1.54) is 0 Å². The van der Waals surface area contributed by atoms with Crippen LogP contribution in [0.3, 0.4) is 0 Å². The van der Waals surface area contributed by atoms with Gasteiger partial charge in [0.15, 0.2) is 5.89 Å². The molecule has 0 aromatic carbocycles. The molecule has 25 heavy (non-hydrogen) atoms. The first-order valence-corrected chi connectivity index (χ1v) is 8.73. The van der Waals surface area contributed by atoms with Crippen LogP contribution in [0.1, 0.15) is 30.1 Å². The Bertz CT molecular complexity index is 705. The van der Waals surface area contributed by atoms with Crippen LogP contribution in [0.4, 0.5) is 0 Å². The molecule has 2 aromatic heterocycles. The van der Waals surface area contributed by atoms with Gasteiger partial charge in [0.2, 0.25) is 5.91 Å². The first kappa shape index (κ1) is 17.6. The number of pyridine rings is 1. The standard InChI is InChI=1S/C19H26N4O2/c1-15-21-17(12-25-15)11-23-13-19(14-23,18(24)22(2)3)9-6-8-16-7-4-5-10-20-16/h4-5,7,10,12H,6,8-9,11,13-14H2,1-3H3. The summed E-state index contributed by atoms with van der Waals surface area (Å²) in [6, 6.07) is 5.98. The Morgan fingerprint density at radius 1 is 1.32 bits per heavy atom. The average molecular weight is 342 g/mol. The van der Waals surface area contributed by atoms with Gasteiger partial charge in [0.25, 0.3) is 0 Å². The number of aromatic nitrogens is 2. The highest BCUT2D eigenvalue weighted by Gasteiger charge is 2.49. The van der Waals surface area contributed by atoms with Crippen LogP contribution in [0.25, 0.3) is 0 Å². The zero-order valence-corrected chi connectivity index (χ0v) is 15.2. The SMILES string of the molecule is Cc1nc(CN2CC(CCCc3ccccn3)(C(=O)N(C)C)C2)co1. The fourth-order valence-corrected chi connectivity index (χ4v) is 3.66. The number of hydrogen-bond donors (Lipinski definition) is 0. The predicted octanol–water partition coefficient (Wildman–Crippen LogP) is 2.29. The van der Waals surface area contributed by atoms with Crippen molar-refractivity contribution in [2.24, 2.45) is 5.41 Å². The fourth-order valence-electron chi connectivity index (χ4n) is 3.66. The van der Waals surface area contributed by atoms with Crippen molar-refractivity contribution in [3.05, 3.63) is 47.9 Å². The number of rotatable bonds is 7. The number of hydrogen-bond acceptors (Lipinski definition) is 5. The van der Waals surface area contributed by atoms with E-state index in [0.717, 1.165) is 50.3 Å². The van der Waals surface area contributed by atoms with Gasteiger partial charge in [-0.3, -0.25) is 14.7 Å². The van der Waals surface area contributed by atoms with E-state index >= 15 is 0 Å². The molecule has 0 bridgehead atoms. The molecule has 3 heterocycles. The predicted molar refractivity (Wildman–Crippen MR) is 94.8 cm³/mol. The van der Waals surface area contributed by atoms with Gasteiger partial charge >= 0.3 is 0 Å². The second-order valence-electron chi connectivity index (χ2n) is 7.16. The number of aryl methyl sites for hydroxylation is 2. The molecule has 0 unspecified atom stereocenters. The molecule has 0 saturated carbocycles. The summed E-state index contributed by atoms with van der Waals surface area (Å²) in [5.41, 5.74) is 1.73. The van der Waals surface area contributed by atoms with Gasteiger partial charge in [-0.15, -0.1) is 0 Å². The Balaban J connectivity index is 1.57. The van der Waals surface area contributed by atoms with Crippen molar-refractivity contribution in [1.29, 1.82) is 0 Å². The highest BCUT2D eigenvalue weighted by Crippen LogP contribution is 2.38. The van der Waals surface area contributed by atoms with Gasteiger partial charge in [0.05, 0.1) is 11.1 Å². The lowest BCUT2D eigenvalue weighted by Gasteiger charge is -2.50. The van der Waals surface area contributed by atoms with Gasteiger partial charge in [-0.2, -0.15) is 0 Å². The lowest BCUT2D eigenvalue weighted by molar-refractivity contribution is -0.152. The topological polar surface area (TPSA) is 62.5 Å². The van der Waals surface area contributed by atoms with Crippen molar-refractivity contribution in [2.45, 2.75) is 32.7 Å². The molecule has 6 nitrogen and oxygen atoms in total. The van der Waals surface area contributed by atoms with Crippen LogP contribution in [-0.4, -0.2) is 52.9 Å². The Morgan fingerprint density at radius 3 is 2.72 bits per heavy atom. The number of likely N-dealkylation sites (tertiary alicyclic amines) is 1. The molecule has 0 aliphatic carbocycles. The third-order valence-electron chi connectivity index (χ3n) is 4.78. The third kappa shape index (κ3) is 4.07. The van der Waals surface area contributed by atoms with Crippen molar-refractivity contribution in [3.8, 4) is 0 Å². The molecule has 1 fully saturated rings. The molecule has 0 N–H and O–H groups in total. The lowest BCUT2D eigenvalue weighted by Crippen LogP contribution is -2.62. The van der Waals surface area contributed by atoms with Gasteiger partial charge in [-0.1, -0.05) is 6.07 Å². The van der Waals surface area contributed by atoms with Gasteiger partial charge < -0.3 is 9.32 Å². The molecule has 1 saturated heterocycles. The lowest BCUT2D eigenvalue weighted by atomic mass is 9.74. The first-order chi connectivity index (χ1) is 12.0. The van der Waals surface area contributed by atoms with Crippen molar-refractivity contribution in [3.63, 3.8) is 0 Å². The van der Waals surface area contributed by atoms with Gasteiger partial charge in [0.1, 0.15) is 6.26 Å². The second kappa shape index (κ2) is 7.35. The van der Waals surface area contributed by atoms with E-state index in [-0.39, 0.29) is 11.3 Å². The summed E-state index contributed by atoms with van der Waals surface area (Å²) in [6.45, 7) is 4.13. The van der Waals surface area contributed by atoms with E-state index in [2.05, 4.69) is 14.9 Å². The molecule has 6 heteroatoms. The Hall–Kier alpha value is -2.21. The normalized spacial score (nSPS) is 16.4. The second-order valence-corrected chi connectivity index (χ2v) is 7.16. The molecule has 1 amide bonds. The Kier molecular flexibility index (Phi) is 5.18. The van der Waals surface area contributed by atoms with Crippen LogP contribution in [-0.2, 0) is 17.8 Å². The van der Waals surface area contributed by atoms with Crippen molar-refractivity contribution < 1.29 is 9.21 Å². The summed E-state index contributed by atoms with van der Waals surface area (Å²) >= 11 is 0. The maximum Gasteiger partial charge on any atom is 0.230 e. The van der Waals surface area contributed by atoms with Crippen LogP contribution in [0, 0.1) is 12.3 Å². The number of nitrogens with zero attached hydrogens (tertiary/aromatic N) is 4. The first-order valence-electron chi connectivity index (χ1n) is 8.73. The molecule has 0 spiro atoms. The summed E-state index contributed by atoms with van der Waals surface area (Å²) in [5.74, 6) is 0.905. The van der Waals surface area contributed by atoms with E-state index in [4.69, 9.17) is 4.42 Å².